The molecular weight excluding hydrogens is 208 g/mol. The lowest BCUT2D eigenvalue weighted by Gasteiger charge is -1.98. The third-order valence-corrected chi connectivity index (χ3v) is 1.87. The first-order chi connectivity index (χ1) is 6.07. The van der Waals surface area contributed by atoms with Crippen molar-refractivity contribution in [1.82, 2.24) is 9.78 Å². The molecule has 0 unspecified atom stereocenters. The van der Waals surface area contributed by atoms with E-state index in [1.807, 2.05) is 0 Å². The molecule has 0 amide bonds. The van der Waals surface area contributed by atoms with Gasteiger partial charge in [-0.2, -0.15) is 5.10 Å². The van der Waals surface area contributed by atoms with Crippen molar-refractivity contribution in [1.29, 1.82) is 0 Å². The number of rotatable bonds is 3. The molecule has 1 aromatic heterocycles. The standard InChI is InChI=1S/C7H12N4O2.ClH/c1-5-7(11(12)13)6(2)10(9-5)4-3-8;/h3-4,8H2,1-2H3;1H. The second-order valence-corrected chi connectivity index (χ2v) is 2.79. The number of nitro groups is 1. The summed E-state index contributed by atoms with van der Waals surface area (Å²) < 4.78 is 1.56. The zero-order valence-corrected chi connectivity index (χ0v) is 8.87. The van der Waals surface area contributed by atoms with Crippen molar-refractivity contribution >= 4 is 18.1 Å². The van der Waals surface area contributed by atoms with Crippen LogP contribution in [0.5, 0.6) is 0 Å². The molecule has 6 nitrogen and oxygen atoms in total. The Morgan fingerprint density at radius 1 is 1.57 bits per heavy atom. The van der Waals surface area contributed by atoms with E-state index in [2.05, 4.69) is 5.10 Å². The maximum atomic E-state index is 10.6. The summed E-state index contributed by atoms with van der Waals surface area (Å²) in [7, 11) is 0. The number of hydrogen-bond acceptors (Lipinski definition) is 4. The summed E-state index contributed by atoms with van der Waals surface area (Å²) in [5, 5.41) is 14.6. The predicted molar refractivity (Wildman–Crippen MR) is 54.7 cm³/mol. The number of aromatic nitrogens is 2. The monoisotopic (exact) mass is 220 g/mol. The fourth-order valence-electron chi connectivity index (χ4n) is 1.29. The van der Waals surface area contributed by atoms with E-state index in [0.29, 0.717) is 24.5 Å². The van der Waals surface area contributed by atoms with Crippen LogP contribution < -0.4 is 5.73 Å². The van der Waals surface area contributed by atoms with Crippen LogP contribution in [0.4, 0.5) is 5.69 Å². The van der Waals surface area contributed by atoms with Crippen LogP contribution in [0.25, 0.3) is 0 Å². The second-order valence-electron chi connectivity index (χ2n) is 2.79. The van der Waals surface area contributed by atoms with Gasteiger partial charge in [-0.3, -0.25) is 14.8 Å². The van der Waals surface area contributed by atoms with Crippen LogP contribution in [0.1, 0.15) is 11.4 Å². The van der Waals surface area contributed by atoms with E-state index in [1.54, 1.807) is 18.5 Å². The van der Waals surface area contributed by atoms with E-state index in [-0.39, 0.29) is 18.1 Å². The quantitative estimate of drug-likeness (QED) is 0.603. The van der Waals surface area contributed by atoms with E-state index >= 15 is 0 Å². The minimum Gasteiger partial charge on any atom is -0.329 e. The summed E-state index contributed by atoms with van der Waals surface area (Å²) >= 11 is 0. The molecule has 14 heavy (non-hydrogen) atoms. The second kappa shape index (κ2) is 4.92. The molecule has 80 valence electrons. The molecule has 0 aliphatic rings. The first kappa shape index (κ1) is 12.9. The highest BCUT2D eigenvalue weighted by atomic mass is 35.5. The van der Waals surface area contributed by atoms with Gasteiger partial charge in [0.05, 0.1) is 11.5 Å². The van der Waals surface area contributed by atoms with Gasteiger partial charge in [0.25, 0.3) is 0 Å². The molecule has 0 atom stereocenters. The fourth-order valence-corrected chi connectivity index (χ4v) is 1.29. The number of halogens is 1. The molecule has 1 rings (SSSR count). The van der Waals surface area contributed by atoms with Crippen molar-refractivity contribution in [2.75, 3.05) is 6.54 Å². The van der Waals surface area contributed by atoms with Crippen molar-refractivity contribution in [2.45, 2.75) is 20.4 Å². The summed E-state index contributed by atoms with van der Waals surface area (Å²) in [5.41, 5.74) is 6.43. The molecule has 1 aromatic rings. The third-order valence-electron chi connectivity index (χ3n) is 1.87. The predicted octanol–water partition coefficient (Wildman–Crippen LogP) is 0.789. The summed E-state index contributed by atoms with van der Waals surface area (Å²) in [6, 6.07) is 0. The molecule has 0 bridgehead atoms. The lowest BCUT2D eigenvalue weighted by atomic mass is 10.3. The number of aryl methyl sites for hydroxylation is 1. The zero-order chi connectivity index (χ0) is 10.0. The number of nitrogens with two attached hydrogens (primary N) is 1. The van der Waals surface area contributed by atoms with Crippen LogP contribution >= 0.6 is 12.4 Å². The van der Waals surface area contributed by atoms with Gasteiger partial charge in [-0.15, -0.1) is 12.4 Å². The van der Waals surface area contributed by atoms with Gasteiger partial charge in [-0.05, 0) is 13.8 Å². The minimum atomic E-state index is -0.412. The van der Waals surface area contributed by atoms with E-state index in [0.717, 1.165) is 0 Å². The van der Waals surface area contributed by atoms with Crippen LogP contribution in [-0.4, -0.2) is 21.2 Å². The minimum absolute atomic E-state index is 0. The lowest BCUT2D eigenvalue weighted by molar-refractivity contribution is -0.386. The fraction of sp³-hybridized carbons (Fsp3) is 0.571. The Hall–Kier alpha value is -1.14. The molecule has 0 aromatic carbocycles. The largest absolute Gasteiger partial charge is 0.329 e. The highest BCUT2D eigenvalue weighted by molar-refractivity contribution is 5.85. The molecule has 0 fully saturated rings. The van der Waals surface area contributed by atoms with E-state index in [1.165, 1.54) is 0 Å². The van der Waals surface area contributed by atoms with Gasteiger partial charge >= 0.3 is 5.69 Å². The van der Waals surface area contributed by atoms with Crippen molar-refractivity contribution in [3.63, 3.8) is 0 Å². The maximum Gasteiger partial charge on any atom is 0.312 e. The van der Waals surface area contributed by atoms with Gasteiger partial charge < -0.3 is 5.73 Å². The Bertz CT molecular complexity index is 337. The van der Waals surface area contributed by atoms with Gasteiger partial charge in [0.15, 0.2) is 0 Å². The molecule has 2 N–H and O–H groups in total. The van der Waals surface area contributed by atoms with Crippen molar-refractivity contribution < 1.29 is 4.92 Å². The highest BCUT2D eigenvalue weighted by Crippen LogP contribution is 2.21. The van der Waals surface area contributed by atoms with Crippen LogP contribution in [0.3, 0.4) is 0 Å². The maximum absolute atomic E-state index is 10.6. The van der Waals surface area contributed by atoms with E-state index in [4.69, 9.17) is 5.73 Å². The van der Waals surface area contributed by atoms with Gasteiger partial charge in [0, 0.05) is 6.54 Å². The summed E-state index contributed by atoms with van der Waals surface area (Å²) in [6.45, 7) is 4.24. The van der Waals surface area contributed by atoms with E-state index < -0.39 is 4.92 Å². The van der Waals surface area contributed by atoms with Crippen molar-refractivity contribution in [2.24, 2.45) is 5.73 Å². The summed E-state index contributed by atoms with van der Waals surface area (Å²) in [5.74, 6) is 0. The van der Waals surface area contributed by atoms with Gasteiger partial charge in [-0.1, -0.05) is 0 Å². The topological polar surface area (TPSA) is 87.0 Å². The highest BCUT2D eigenvalue weighted by Gasteiger charge is 2.20. The Balaban J connectivity index is 0.00000169. The first-order valence-corrected chi connectivity index (χ1v) is 3.96. The van der Waals surface area contributed by atoms with Gasteiger partial charge in [0.2, 0.25) is 0 Å². The Morgan fingerprint density at radius 3 is 2.50 bits per heavy atom. The summed E-state index contributed by atoms with van der Waals surface area (Å²) in [4.78, 5) is 10.2. The van der Waals surface area contributed by atoms with Crippen LogP contribution in [0.15, 0.2) is 0 Å². The van der Waals surface area contributed by atoms with Gasteiger partial charge in [0.1, 0.15) is 11.4 Å². The molecular formula is C7H13ClN4O2. The smallest absolute Gasteiger partial charge is 0.312 e. The molecule has 1 heterocycles. The molecule has 0 spiro atoms. The van der Waals surface area contributed by atoms with Crippen LogP contribution in [0.2, 0.25) is 0 Å². The van der Waals surface area contributed by atoms with Gasteiger partial charge in [-0.25, -0.2) is 0 Å². The van der Waals surface area contributed by atoms with Crippen molar-refractivity contribution in [3.8, 4) is 0 Å². The SMILES string of the molecule is Cc1nn(CCN)c(C)c1[N+](=O)[O-].Cl. The van der Waals surface area contributed by atoms with Crippen molar-refractivity contribution in [3.05, 3.63) is 21.5 Å². The lowest BCUT2D eigenvalue weighted by Crippen LogP contribution is -2.12. The molecule has 0 radical (unpaired) electrons. The average molecular weight is 221 g/mol. The average Bonchev–Trinajstić information content (AvgIpc) is 2.28. The normalized spacial score (nSPS) is 9.64. The molecule has 0 saturated carbocycles. The summed E-state index contributed by atoms with van der Waals surface area (Å²) in [6.07, 6.45) is 0. The Kier molecular flexibility index (Phi) is 4.52. The third kappa shape index (κ3) is 2.21. The Labute approximate surface area is 87.6 Å². The van der Waals surface area contributed by atoms with Crippen LogP contribution in [0, 0.1) is 24.0 Å². The number of hydrogen-bond donors (Lipinski definition) is 1. The zero-order valence-electron chi connectivity index (χ0n) is 8.06. The van der Waals surface area contributed by atoms with E-state index in [9.17, 15) is 10.1 Å². The molecule has 7 heteroatoms. The Morgan fingerprint density at radius 2 is 2.14 bits per heavy atom. The molecule has 0 aliphatic carbocycles. The number of nitrogens with zero attached hydrogens (tertiary/aromatic N) is 3. The molecule has 0 aliphatic heterocycles. The first-order valence-electron chi connectivity index (χ1n) is 3.96. The van der Waals surface area contributed by atoms with Crippen LogP contribution in [-0.2, 0) is 6.54 Å². The molecule has 0 saturated heterocycles.